The summed E-state index contributed by atoms with van der Waals surface area (Å²) in [4.78, 5) is 0. The summed E-state index contributed by atoms with van der Waals surface area (Å²) < 4.78 is 3.02. The molecule has 1 atom stereocenters. The largest absolute Gasteiger partial charge is 0.313 e. The Bertz CT molecular complexity index is 622. The average Bonchev–Trinajstić information content (AvgIpc) is 2.65. The minimum atomic E-state index is 0.208. The van der Waals surface area contributed by atoms with Crippen LogP contribution in [0.25, 0.3) is 0 Å². The van der Waals surface area contributed by atoms with E-state index in [1.807, 2.05) is 37.8 Å². The Morgan fingerprint density at radius 2 is 2.10 bits per heavy atom. The molecule has 0 aliphatic carbocycles. The van der Waals surface area contributed by atoms with E-state index in [-0.39, 0.29) is 6.04 Å². The van der Waals surface area contributed by atoms with Crippen LogP contribution < -0.4 is 5.32 Å². The van der Waals surface area contributed by atoms with Gasteiger partial charge in [-0.2, -0.15) is 5.10 Å². The summed E-state index contributed by atoms with van der Waals surface area (Å²) in [5.41, 5.74) is 4.55. The molecule has 0 aliphatic rings. The number of nitrogens with one attached hydrogen (secondary N) is 1. The lowest BCUT2D eigenvalue weighted by atomic mass is 9.97. The SMILES string of the molecule is CNC(Cc1c(Br)c(C)nn1C)c1cccc(Cl)c1C. The lowest BCUT2D eigenvalue weighted by Crippen LogP contribution is -2.21. The van der Waals surface area contributed by atoms with E-state index in [1.165, 1.54) is 11.3 Å². The van der Waals surface area contributed by atoms with Crippen LogP contribution in [0, 0.1) is 13.8 Å². The predicted octanol–water partition coefficient (Wildman–Crippen LogP) is 3.96. The third kappa shape index (κ3) is 2.92. The van der Waals surface area contributed by atoms with Crippen molar-refractivity contribution in [3.05, 3.63) is 50.2 Å². The quantitative estimate of drug-likeness (QED) is 0.899. The van der Waals surface area contributed by atoms with Gasteiger partial charge >= 0.3 is 0 Å². The van der Waals surface area contributed by atoms with Crippen molar-refractivity contribution >= 4 is 27.5 Å². The molecule has 1 aromatic heterocycles. The molecule has 0 bridgehead atoms. The standard InChI is InChI=1S/C15H19BrClN3/c1-9-11(6-5-7-12(9)17)13(18-3)8-14-15(16)10(2)19-20(14)4/h5-7,13,18H,8H2,1-4H3. The fourth-order valence-corrected chi connectivity index (χ4v) is 3.14. The van der Waals surface area contributed by atoms with Gasteiger partial charge in [0.2, 0.25) is 0 Å². The molecule has 1 N–H and O–H groups in total. The molecule has 0 amide bonds. The fraction of sp³-hybridized carbons (Fsp3) is 0.400. The number of hydrogen-bond donors (Lipinski definition) is 1. The Hall–Kier alpha value is -0.840. The van der Waals surface area contributed by atoms with Gasteiger partial charge in [-0.15, -0.1) is 0 Å². The highest BCUT2D eigenvalue weighted by atomic mass is 79.9. The molecule has 0 fully saturated rings. The number of likely N-dealkylation sites (N-methyl/N-ethyl adjacent to an activating group) is 1. The maximum absolute atomic E-state index is 6.23. The minimum Gasteiger partial charge on any atom is -0.313 e. The van der Waals surface area contributed by atoms with E-state index in [2.05, 4.69) is 39.3 Å². The van der Waals surface area contributed by atoms with Gasteiger partial charge in [-0.25, -0.2) is 0 Å². The summed E-state index contributed by atoms with van der Waals surface area (Å²) in [5.74, 6) is 0. The van der Waals surface area contributed by atoms with Crippen LogP contribution in [0.4, 0.5) is 0 Å². The highest BCUT2D eigenvalue weighted by Gasteiger charge is 2.19. The van der Waals surface area contributed by atoms with Crippen molar-refractivity contribution in [1.29, 1.82) is 0 Å². The molecule has 1 unspecified atom stereocenters. The molecule has 0 saturated heterocycles. The summed E-state index contributed by atoms with van der Waals surface area (Å²) >= 11 is 9.86. The summed E-state index contributed by atoms with van der Waals surface area (Å²) in [7, 11) is 3.95. The summed E-state index contributed by atoms with van der Waals surface area (Å²) in [6, 6.07) is 6.26. The minimum absolute atomic E-state index is 0.208. The van der Waals surface area contributed by atoms with E-state index >= 15 is 0 Å². The second-order valence-electron chi connectivity index (χ2n) is 4.97. The van der Waals surface area contributed by atoms with Gasteiger partial charge in [0.05, 0.1) is 15.9 Å². The van der Waals surface area contributed by atoms with E-state index in [4.69, 9.17) is 11.6 Å². The van der Waals surface area contributed by atoms with Gasteiger partial charge in [0.1, 0.15) is 0 Å². The first-order valence-corrected chi connectivity index (χ1v) is 7.73. The molecular formula is C15H19BrClN3. The smallest absolute Gasteiger partial charge is 0.0738 e. The van der Waals surface area contributed by atoms with Gasteiger partial charge in [0.15, 0.2) is 0 Å². The zero-order valence-corrected chi connectivity index (χ0v) is 14.5. The highest BCUT2D eigenvalue weighted by molar-refractivity contribution is 9.10. The van der Waals surface area contributed by atoms with E-state index in [0.717, 1.165) is 27.2 Å². The molecule has 2 aromatic rings. The normalized spacial score (nSPS) is 12.7. The zero-order chi connectivity index (χ0) is 14.9. The monoisotopic (exact) mass is 355 g/mol. The molecule has 3 nitrogen and oxygen atoms in total. The number of rotatable bonds is 4. The lowest BCUT2D eigenvalue weighted by molar-refractivity contribution is 0.558. The van der Waals surface area contributed by atoms with Crippen molar-refractivity contribution in [3.8, 4) is 0 Å². The van der Waals surface area contributed by atoms with E-state index in [0.29, 0.717) is 0 Å². The first kappa shape index (κ1) is 15.5. The predicted molar refractivity (Wildman–Crippen MR) is 87.3 cm³/mol. The first-order chi connectivity index (χ1) is 9.45. The topological polar surface area (TPSA) is 29.9 Å². The Morgan fingerprint density at radius 3 is 2.65 bits per heavy atom. The Kier molecular flexibility index (Phi) is 4.89. The number of hydrogen-bond acceptors (Lipinski definition) is 2. The maximum atomic E-state index is 6.23. The van der Waals surface area contributed by atoms with Gasteiger partial charge in [0, 0.05) is 24.5 Å². The molecular weight excluding hydrogens is 338 g/mol. The Labute approximate surface area is 133 Å². The van der Waals surface area contributed by atoms with Crippen LogP contribution >= 0.6 is 27.5 Å². The molecule has 5 heteroatoms. The highest BCUT2D eigenvalue weighted by Crippen LogP contribution is 2.29. The van der Waals surface area contributed by atoms with Crippen LogP contribution in [0.2, 0.25) is 5.02 Å². The van der Waals surface area contributed by atoms with Crippen LogP contribution in [0.15, 0.2) is 22.7 Å². The van der Waals surface area contributed by atoms with Gasteiger partial charge in [-0.3, -0.25) is 4.68 Å². The third-order valence-electron chi connectivity index (χ3n) is 3.69. The lowest BCUT2D eigenvalue weighted by Gasteiger charge is -2.20. The number of aromatic nitrogens is 2. The molecule has 108 valence electrons. The molecule has 0 spiro atoms. The van der Waals surface area contributed by atoms with Crippen LogP contribution in [-0.2, 0) is 13.5 Å². The molecule has 0 aliphatic heterocycles. The van der Waals surface area contributed by atoms with Crippen LogP contribution in [0.5, 0.6) is 0 Å². The number of benzene rings is 1. The molecule has 20 heavy (non-hydrogen) atoms. The molecule has 0 radical (unpaired) electrons. The van der Waals surface area contributed by atoms with Crippen LogP contribution in [0.1, 0.15) is 28.6 Å². The van der Waals surface area contributed by atoms with E-state index in [1.54, 1.807) is 0 Å². The first-order valence-electron chi connectivity index (χ1n) is 6.56. The molecule has 0 saturated carbocycles. The molecule has 1 heterocycles. The average molecular weight is 357 g/mol. The van der Waals surface area contributed by atoms with E-state index < -0.39 is 0 Å². The van der Waals surface area contributed by atoms with Crippen LogP contribution in [-0.4, -0.2) is 16.8 Å². The van der Waals surface area contributed by atoms with Gasteiger partial charge in [-0.05, 0) is 54.0 Å². The summed E-state index contributed by atoms with van der Waals surface area (Å²) in [6.45, 7) is 4.07. The Morgan fingerprint density at radius 1 is 1.40 bits per heavy atom. The fourth-order valence-electron chi connectivity index (χ4n) is 2.46. The van der Waals surface area contributed by atoms with Gasteiger partial charge < -0.3 is 5.32 Å². The molecule has 1 aromatic carbocycles. The second-order valence-corrected chi connectivity index (χ2v) is 6.17. The van der Waals surface area contributed by atoms with Crippen molar-refractivity contribution in [2.24, 2.45) is 7.05 Å². The van der Waals surface area contributed by atoms with E-state index in [9.17, 15) is 0 Å². The Balaban J connectivity index is 2.36. The zero-order valence-electron chi connectivity index (χ0n) is 12.2. The van der Waals surface area contributed by atoms with Crippen molar-refractivity contribution in [3.63, 3.8) is 0 Å². The molecule has 2 rings (SSSR count). The van der Waals surface area contributed by atoms with Crippen LogP contribution in [0.3, 0.4) is 0 Å². The second kappa shape index (κ2) is 6.29. The van der Waals surface area contributed by atoms with Crippen molar-refractivity contribution < 1.29 is 0 Å². The number of aryl methyl sites for hydroxylation is 2. The summed E-state index contributed by atoms with van der Waals surface area (Å²) in [6.07, 6.45) is 0.857. The number of halogens is 2. The number of nitrogens with zero attached hydrogens (tertiary/aromatic N) is 2. The third-order valence-corrected chi connectivity index (χ3v) is 5.13. The van der Waals surface area contributed by atoms with Gasteiger partial charge in [0.25, 0.3) is 0 Å². The van der Waals surface area contributed by atoms with Gasteiger partial charge in [-0.1, -0.05) is 23.7 Å². The van der Waals surface area contributed by atoms with Crippen molar-refractivity contribution in [2.75, 3.05) is 7.05 Å². The van der Waals surface area contributed by atoms with Crippen molar-refractivity contribution in [2.45, 2.75) is 26.3 Å². The summed E-state index contributed by atoms with van der Waals surface area (Å²) in [5, 5.41) is 8.63. The maximum Gasteiger partial charge on any atom is 0.0738 e. The van der Waals surface area contributed by atoms with Crippen molar-refractivity contribution in [1.82, 2.24) is 15.1 Å².